The number of thiophene rings is 1. The summed E-state index contributed by atoms with van der Waals surface area (Å²) in [6, 6.07) is 0. The smallest absolute Gasteiger partial charge is 0.0302 e. The van der Waals surface area contributed by atoms with Crippen LogP contribution < -0.4 is 5.32 Å². The molecule has 1 aliphatic heterocycles. The number of hydrogen-bond acceptors (Lipinski definition) is 2. The van der Waals surface area contributed by atoms with Gasteiger partial charge in [-0.15, -0.1) is 11.3 Å². The van der Waals surface area contributed by atoms with Crippen LogP contribution in [-0.4, -0.2) is 6.54 Å². The van der Waals surface area contributed by atoms with Crippen molar-refractivity contribution >= 4 is 11.3 Å². The predicted octanol–water partition coefficient (Wildman–Crippen LogP) is 1.70. The third kappa shape index (κ3) is 0.879. The van der Waals surface area contributed by atoms with E-state index in [0.717, 1.165) is 13.1 Å². The quantitative estimate of drug-likeness (QED) is 0.598. The fraction of sp³-hybridized carbons (Fsp3) is 0.500. The minimum atomic E-state index is 1.09. The second kappa shape index (κ2) is 2.36. The van der Waals surface area contributed by atoms with Crippen LogP contribution in [-0.2, 0) is 13.0 Å². The minimum absolute atomic E-state index is 1.09. The lowest BCUT2D eigenvalue weighted by Crippen LogP contribution is -2.22. The molecule has 0 bridgehead atoms. The molecule has 0 fully saturated rings. The number of fused-ring (bicyclic) bond motifs is 1. The van der Waals surface area contributed by atoms with Gasteiger partial charge in [0.25, 0.3) is 0 Å². The topological polar surface area (TPSA) is 12.0 Å². The van der Waals surface area contributed by atoms with Crippen LogP contribution in [0.4, 0.5) is 0 Å². The highest BCUT2D eigenvalue weighted by Crippen LogP contribution is 2.24. The maximum Gasteiger partial charge on any atom is 0.0302 e. The van der Waals surface area contributed by atoms with Gasteiger partial charge in [-0.25, -0.2) is 0 Å². The summed E-state index contributed by atoms with van der Waals surface area (Å²) >= 11 is 1.89. The zero-order valence-electron chi connectivity index (χ0n) is 6.11. The Kier molecular flexibility index (Phi) is 1.51. The highest BCUT2D eigenvalue weighted by Gasteiger charge is 2.11. The van der Waals surface area contributed by atoms with E-state index in [1.54, 1.807) is 10.4 Å². The first-order chi connectivity index (χ1) is 4.88. The normalized spacial score (nSPS) is 16.9. The van der Waals surface area contributed by atoms with Crippen molar-refractivity contribution in [1.29, 1.82) is 0 Å². The summed E-state index contributed by atoms with van der Waals surface area (Å²) in [6.45, 7) is 4.46. The van der Waals surface area contributed by atoms with Crippen molar-refractivity contribution in [3.8, 4) is 0 Å². The second-order valence-electron chi connectivity index (χ2n) is 2.75. The fourth-order valence-electron chi connectivity index (χ4n) is 1.42. The molecule has 1 aliphatic rings. The molecular formula is C8H11NS. The van der Waals surface area contributed by atoms with Crippen LogP contribution >= 0.6 is 11.3 Å². The van der Waals surface area contributed by atoms with Gasteiger partial charge in [-0.1, -0.05) is 0 Å². The highest BCUT2D eigenvalue weighted by atomic mass is 32.1. The van der Waals surface area contributed by atoms with Crippen molar-refractivity contribution in [3.05, 3.63) is 21.4 Å². The zero-order valence-corrected chi connectivity index (χ0v) is 6.92. The highest BCUT2D eigenvalue weighted by molar-refractivity contribution is 7.10. The van der Waals surface area contributed by atoms with E-state index in [0.29, 0.717) is 0 Å². The van der Waals surface area contributed by atoms with Crippen LogP contribution in [0.25, 0.3) is 0 Å². The van der Waals surface area contributed by atoms with Gasteiger partial charge in [-0.3, -0.25) is 0 Å². The summed E-state index contributed by atoms with van der Waals surface area (Å²) in [7, 11) is 0. The summed E-state index contributed by atoms with van der Waals surface area (Å²) in [5, 5.41) is 5.63. The molecule has 2 heteroatoms. The van der Waals surface area contributed by atoms with Crippen LogP contribution in [0.15, 0.2) is 5.38 Å². The van der Waals surface area contributed by atoms with Gasteiger partial charge in [0.05, 0.1) is 0 Å². The first kappa shape index (κ1) is 6.38. The molecule has 1 aromatic rings. The van der Waals surface area contributed by atoms with E-state index in [4.69, 9.17) is 0 Å². The van der Waals surface area contributed by atoms with Crippen molar-refractivity contribution in [1.82, 2.24) is 5.32 Å². The Bertz CT molecular complexity index is 239. The molecular weight excluding hydrogens is 142 g/mol. The number of rotatable bonds is 0. The summed E-state index contributed by atoms with van der Waals surface area (Å²) in [5.74, 6) is 0. The molecule has 0 saturated carbocycles. The van der Waals surface area contributed by atoms with Gasteiger partial charge in [0.2, 0.25) is 0 Å². The van der Waals surface area contributed by atoms with Gasteiger partial charge in [0, 0.05) is 11.4 Å². The Morgan fingerprint density at radius 2 is 2.50 bits per heavy atom. The average molecular weight is 153 g/mol. The molecule has 54 valence electrons. The van der Waals surface area contributed by atoms with Crippen molar-refractivity contribution in [2.75, 3.05) is 6.54 Å². The van der Waals surface area contributed by atoms with E-state index in [1.165, 1.54) is 12.0 Å². The van der Waals surface area contributed by atoms with Gasteiger partial charge in [-0.05, 0) is 36.4 Å². The molecule has 0 spiro atoms. The third-order valence-corrected chi connectivity index (χ3v) is 3.17. The van der Waals surface area contributed by atoms with Crippen LogP contribution in [0.5, 0.6) is 0 Å². The Hall–Kier alpha value is -0.340. The summed E-state index contributed by atoms with van der Waals surface area (Å²) in [4.78, 5) is 1.55. The maximum absolute atomic E-state index is 3.36. The van der Waals surface area contributed by atoms with Crippen LogP contribution in [0, 0.1) is 6.92 Å². The molecule has 0 aromatic carbocycles. The molecule has 1 aromatic heterocycles. The first-order valence-electron chi connectivity index (χ1n) is 3.64. The third-order valence-electron chi connectivity index (χ3n) is 2.03. The second-order valence-corrected chi connectivity index (χ2v) is 3.71. The molecule has 0 unspecified atom stereocenters. The van der Waals surface area contributed by atoms with E-state index in [1.807, 2.05) is 11.3 Å². The summed E-state index contributed by atoms with van der Waals surface area (Å²) < 4.78 is 0. The molecule has 0 amide bonds. The lowest BCUT2D eigenvalue weighted by atomic mass is 10.1. The van der Waals surface area contributed by atoms with Crippen LogP contribution in [0.3, 0.4) is 0 Å². The number of hydrogen-bond donors (Lipinski definition) is 1. The molecule has 2 heterocycles. The molecule has 10 heavy (non-hydrogen) atoms. The lowest BCUT2D eigenvalue weighted by Gasteiger charge is -2.12. The largest absolute Gasteiger partial charge is 0.312 e. The summed E-state index contributed by atoms with van der Waals surface area (Å²) in [6.07, 6.45) is 1.23. The molecule has 1 nitrogen and oxygen atoms in total. The van der Waals surface area contributed by atoms with Gasteiger partial charge in [-0.2, -0.15) is 0 Å². The molecule has 2 rings (SSSR count). The van der Waals surface area contributed by atoms with Crippen LogP contribution in [0.2, 0.25) is 0 Å². The van der Waals surface area contributed by atoms with E-state index >= 15 is 0 Å². The molecule has 0 atom stereocenters. The Balaban J connectivity index is 2.45. The SMILES string of the molecule is Cc1csc2c1CCNC2. The summed E-state index contributed by atoms with van der Waals surface area (Å²) in [5.41, 5.74) is 3.09. The standard InChI is InChI=1S/C8H11NS/c1-6-5-10-8-4-9-3-2-7(6)8/h5,9H,2-4H2,1H3. The zero-order chi connectivity index (χ0) is 6.97. The van der Waals surface area contributed by atoms with E-state index < -0.39 is 0 Å². The first-order valence-corrected chi connectivity index (χ1v) is 4.52. The molecule has 0 radical (unpaired) electrons. The Morgan fingerprint density at radius 1 is 1.60 bits per heavy atom. The molecule has 0 saturated heterocycles. The molecule has 0 aliphatic carbocycles. The maximum atomic E-state index is 3.36. The monoisotopic (exact) mass is 153 g/mol. The van der Waals surface area contributed by atoms with Gasteiger partial charge < -0.3 is 5.32 Å². The minimum Gasteiger partial charge on any atom is -0.312 e. The molecule has 1 N–H and O–H groups in total. The van der Waals surface area contributed by atoms with Gasteiger partial charge >= 0.3 is 0 Å². The van der Waals surface area contributed by atoms with E-state index in [2.05, 4.69) is 17.6 Å². The fourth-order valence-corrected chi connectivity index (χ4v) is 2.47. The van der Waals surface area contributed by atoms with Crippen molar-refractivity contribution in [3.63, 3.8) is 0 Å². The Labute approximate surface area is 65.1 Å². The van der Waals surface area contributed by atoms with E-state index in [-0.39, 0.29) is 0 Å². The predicted molar refractivity (Wildman–Crippen MR) is 44.5 cm³/mol. The number of nitrogens with one attached hydrogen (secondary N) is 1. The van der Waals surface area contributed by atoms with Gasteiger partial charge in [0.1, 0.15) is 0 Å². The lowest BCUT2D eigenvalue weighted by molar-refractivity contribution is 0.652. The average Bonchev–Trinajstić information content (AvgIpc) is 2.34. The van der Waals surface area contributed by atoms with Gasteiger partial charge in [0.15, 0.2) is 0 Å². The van der Waals surface area contributed by atoms with Crippen LogP contribution in [0.1, 0.15) is 16.0 Å². The Morgan fingerprint density at radius 3 is 3.30 bits per heavy atom. The van der Waals surface area contributed by atoms with E-state index in [9.17, 15) is 0 Å². The number of aryl methyl sites for hydroxylation is 1. The van der Waals surface area contributed by atoms with Crippen molar-refractivity contribution in [2.45, 2.75) is 19.9 Å². The van der Waals surface area contributed by atoms with Crippen molar-refractivity contribution in [2.24, 2.45) is 0 Å². The van der Waals surface area contributed by atoms with Crippen molar-refractivity contribution < 1.29 is 0 Å².